The molecule has 1 aromatic rings. The third kappa shape index (κ3) is 3.56. The normalized spacial score (nSPS) is 22.1. The molecule has 114 valence electrons. The monoisotopic (exact) mass is 297 g/mol. The first-order valence-electron chi connectivity index (χ1n) is 6.82. The lowest BCUT2D eigenvalue weighted by atomic mass is 9.90. The summed E-state index contributed by atoms with van der Waals surface area (Å²) in [5, 5.41) is 9.08. The van der Waals surface area contributed by atoms with E-state index >= 15 is 0 Å². The Balaban J connectivity index is 2.11. The Labute approximate surface area is 121 Å². The molecule has 6 heteroatoms. The van der Waals surface area contributed by atoms with E-state index in [2.05, 4.69) is 0 Å². The number of amides is 1. The highest BCUT2D eigenvalue weighted by Crippen LogP contribution is 2.23. The molecular formula is C15H17F2NO3. The summed E-state index contributed by atoms with van der Waals surface area (Å²) in [6.07, 6.45) is 0.116. The number of carbonyl (C=O) groups excluding carboxylic acids is 1. The van der Waals surface area contributed by atoms with Crippen LogP contribution in [0, 0.1) is 23.5 Å². The van der Waals surface area contributed by atoms with Gasteiger partial charge in [-0.2, -0.15) is 0 Å². The van der Waals surface area contributed by atoms with E-state index in [1.807, 2.05) is 6.92 Å². The summed E-state index contributed by atoms with van der Waals surface area (Å²) in [6.45, 7) is 2.37. The maximum atomic E-state index is 13.6. The number of likely N-dealkylation sites (tertiary alicyclic amines) is 1. The van der Waals surface area contributed by atoms with Crippen LogP contribution >= 0.6 is 0 Å². The van der Waals surface area contributed by atoms with E-state index in [4.69, 9.17) is 5.11 Å². The number of carbonyl (C=O) groups is 2. The first kappa shape index (κ1) is 15.4. The van der Waals surface area contributed by atoms with Gasteiger partial charge >= 0.3 is 5.97 Å². The summed E-state index contributed by atoms with van der Waals surface area (Å²) >= 11 is 0. The van der Waals surface area contributed by atoms with E-state index in [0.29, 0.717) is 13.0 Å². The predicted octanol–water partition coefficient (Wildman–Crippen LogP) is 2.08. The van der Waals surface area contributed by atoms with Gasteiger partial charge in [0.15, 0.2) is 0 Å². The molecule has 2 atom stereocenters. The third-order valence-electron chi connectivity index (χ3n) is 3.75. The van der Waals surface area contributed by atoms with Gasteiger partial charge in [0.25, 0.3) is 0 Å². The van der Waals surface area contributed by atoms with Crippen molar-refractivity contribution in [3.63, 3.8) is 0 Å². The molecule has 2 rings (SSSR count). The molecule has 0 radical (unpaired) electrons. The Bertz CT molecular complexity index is 542. The Morgan fingerprint density at radius 1 is 1.29 bits per heavy atom. The molecule has 0 saturated carbocycles. The lowest BCUT2D eigenvalue weighted by Gasteiger charge is -2.34. The summed E-state index contributed by atoms with van der Waals surface area (Å²) in [5.41, 5.74) is -0.271. The molecule has 1 fully saturated rings. The van der Waals surface area contributed by atoms with Crippen LogP contribution in [0.25, 0.3) is 0 Å². The molecular weight excluding hydrogens is 280 g/mol. The molecule has 1 aliphatic heterocycles. The lowest BCUT2D eigenvalue weighted by molar-refractivity contribution is -0.146. The molecule has 1 heterocycles. The quantitative estimate of drug-likeness (QED) is 0.929. The van der Waals surface area contributed by atoms with Gasteiger partial charge in [0, 0.05) is 18.7 Å². The maximum absolute atomic E-state index is 13.6. The van der Waals surface area contributed by atoms with Crippen LogP contribution in [0.15, 0.2) is 18.2 Å². The zero-order valence-corrected chi connectivity index (χ0v) is 11.7. The van der Waals surface area contributed by atoms with Crippen LogP contribution in [0.3, 0.4) is 0 Å². The fourth-order valence-electron chi connectivity index (χ4n) is 2.70. The third-order valence-corrected chi connectivity index (χ3v) is 3.75. The SMILES string of the molecule is CC1CC(C(=O)O)CN(C(=O)Cc2c(F)cccc2F)C1. The highest BCUT2D eigenvalue weighted by atomic mass is 19.1. The molecule has 4 nitrogen and oxygen atoms in total. The fourth-order valence-corrected chi connectivity index (χ4v) is 2.70. The minimum absolute atomic E-state index is 0.0502. The van der Waals surface area contributed by atoms with E-state index in [9.17, 15) is 18.4 Å². The van der Waals surface area contributed by atoms with E-state index in [1.54, 1.807) is 0 Å². The molecule has 0 aromatic heterocycles. The smallest absolute Gasteiger partial charge is 0.308 e. The highest BCUT2D eigenvalue weighted by Gasteiger charge is 2.32. The van der Waals surface area contributed by atoms with Crippen molar-refractivity contribution in [2.75, 3.05) is 13.1 Å². The summed E-state index contributed by atoms with van der Waals surface area (Å²) in [4.78, 5) is 24.6. The van der Waals surface area contributed by atoms with E-state index in [1.165, 1.54) is 11.0 Å². The zero-order valence-electron chi connectivity index (χ0n) is 11.7. The first-order valence-corrected chi connectivity index (χ1v) is 6.82. The summed E-state index contributed by atoms with van der Waals surface area (Å²) in [7, 11) is 0. The second-order valence-corrected chi connectivity index (χ2v) is 5.55. The number of piperidine rings is 1. The Kier molecular flexibility index (Phi) is 4.55. The Morgan fingerprint density at radius 3 is 2.48 bits per heavy atom. The fraction of sp³-hybridized carbons (Fsp3) is 0.467. The lowest BCUT2D eigenvalue weighted by Crippen LogP contribution is -2.46. The van der Waals surface area contributed by atoms with Crippen LogP contribution < -0.4 is 0 Å². The van der Waals surface area contributed by atoms with Gasteiger partial charge in [0.1, 0.15) is 11.6 Å². The molecule has 0 aliphatic carbocycles. The minimum Gasteiger partial charge on any atom is -0.481 e. The van der Waals surface area contributed by atoms with E-state index in [-0.39, 0.29) is 18.0 Å². The highest BCUT2D eigenvalue weighted by molar-refractivity contribution is 5.80. The number of hydrogen-bond donors (Lipinski definition) is 1. The summed E-state index contributed by atoms with van der Waals surface area (Å²) in [6, 6.07) is 3.44. The minimum atomic E-state index is -0.948. The van der Waals surface area contributed by atoms with Crippen LogP contribution in [0.5, 0.6) is 0 Å². The predicted molar refractivity (Wildman–Crippen MR) is 71.5 cm³/mol. The van der Waals surface area contributed by atoms with Crippen molar-refractivity contribution < 1.29 is 23.5 Å². The molecule has 0 bridgehead atoms. The Morgan fingerprint density at radius 2 is 1.90 bits per heavy atom. The number of carboxylic acid groups (broad SMARTS) is 1. The second kappa shape index (κ2) is 6.20. The standard InChI is InChI=1S/C15H17F2NO3/c1-9-5-10(15(20)21)8-18(7-9)14(19)6-11-12(16)3-2-4-13(11)17/h2-4,9-10H,5-8H2,1H3,(H,20,21). The number of halogens is 2. The van der Waals surface area contributed by atoms with Gasteiger partial charge in [-0.25, -0.2) is 8.78 Å². The topological polar surface area (TPSA) is 57.6 Å². The Hall–Kier alpha value is -1.98. The van der Waals surface area contributed by atoms with Crippen molar-refractivity contribution >= 4 is 11.9 Å². The molecule has 1 saturated heterocycles. The average molecular weight is 297 g/mol. The van der Waals surface area contributed by atoms with Crippen molar-refractivity contribution in [1.82, 2.24) is 4.90 Å². The molecule has 1 N–H and O–H groups in total. The van der Waals surface area contributed by atoms with Gasteiger partial charge in [-0.1, -0.05) is 13.0 Å². The molecule has 0 spiro atoms. The number of rotatable bonds is 3. The van der Waals surface area contributed by atoms with Crippen molar-refractivity contribution in [3.05, 3.63) is 35.4 Å². The van der Waals surface area contributed by atoms with Gasteiger partial charge in [-0.3, -0.25) is 9.59 Å². The van der Waals surface area contributed by atoms with Gasteiger partial charge < -0.3 is 10.0 Å². The molecule has 1 aliphatic rings. The largest absolute Gasteiger partial charge is 0.481 e. The van der Waals surface area contributed by atoms with E-state index < -0.39 is 35.8 Å². The molecule has 2 unspecified atom stereocenters. The number of benzene rings is 1. The zero-order chi connectivity index (χ0) is 15.6. The van der Waals surface area contributed by atoms with Crippen molar-refractivity contribution in [1.29, 1.82) is 0 Å². The molecule has 1 aromatic carbocycles. The summed E-state index contributed by atoms with van der Waals surface area (Å²) < 4.78 is 27.1. The van der Waals surface area contributed by atoms with E-state index in [0.717, 1.165) is 12.1 Å². The average Bonchev–Trinajstić information content (AvgIpc) is 2.42. The van der Waals surface area contributed by atoms with Gasteiger partial charge in [0.2, 0.25) is 5.91 Å². The second-order valence-electron chi connectivity index (χ2n) is 5.55. The van der Waals surface area contributed by atoms with Crippen molar-refractivity contribution in [3.8, 4) is 0 Å². The van der Waals surface area contributed by atoms with Crippen molar-refractivity contribution in [2.45, 2.75) is 19.8 Å². The van der Waals surface area contributed by atoms with Gasteiger partial charge in [-0.05, 0) is 24.5 Å². The maximum Gasteiger partial charge on any atom is 0.308 e. The first-order chi connectivity index (χ1) is 9.88. The number of carboxylic acids is 1. The molecule has 1 amide bonds. The van der Waals surface area contributed by atoms with Crippen molar-refractivity contribution in [2.24, 2.45) is 11.8 Å². The van der Waals surface area contributed by atoms with Gasteiger partial charge in [0.05, 0.1) is 12.3 Å². The van der Waals surface area contributed by atoms with Crippen LogP contribution in [-0.4, -0.2) is 35.0 Å². The summed E-state index contributed by atoms with van der Waals surface area (Å²) in [5.74, 6) is -3.49. The van der Waals surface area contributed by atoms with Crippen LogP contribution in [0.4, 0.5) is 8.78 Å². The number of hydrogen-bond acceptors (Lipinski definition) is 2. The number of aliphatic carboxylic acids is 1. The van der Waals surface area contributed by atoms with Crippen LogP contribution in [-0.2, 0) is 16.0 Å². The number of nitrogens with zero attached hydrogens (tertiary/aromatic N) is 1. The molecule has 21 heavy (non-hydrogen) atoms. The van der Waals surface area contributed by atoms with Crippen LogP contribution in [0.1, 0.15) is 18.9 Å². The van der Waals surface area contributed by atoms with Crippen LogP contribution in [0.2, 0.25) is 0 Å². The van der Waals surface area contributed by atoms with Gasteiger partial charge in [-0.15, -0.1) is 0 Å².